The van der Waals surface area contributed by atoms with Crippen LogP contribution in [-0.4, -0.2) is 16.8 Å². The van der Waals surface area contributed by atoms with Crippen molar-refractivity contribution in [3.63, 3.8) is 0 Å². The summed E-state index contributed by atoms with van der Waals surface area (Å²) in [5, 5.41) is 2.67. The fourth-order valence-electron chi connectivity index (χ4n) is 1.28. The van der Waals surface area contributed by atoms with Gasteiger partial charge in [-0.2, -0.15) is 0 Å². The highest BCUT2D eigenvalue weighted by Gasteiger charge is 2.13. The molecule has 92 valence electrons. The molecule has 0 aliphatic carbocycles. The van der Waals surface area contributed by atoms with Gasteiger partial charge in [-0.15, -0.1) is 11.3 Å². The molecule has 6 nitrogen and oxygen atoms in total. The molecule has 0 spiro atoms. The zero-order chi connectivity index (χ0) is 13.0. The molecule has 2 aromatic heterocycles. The molecule has 2 rings (SSSR count). The summed E-state index contributed by atoms with van der Waals surface area (Å²) in [7, 11) is 0. The lowest BCUT2D eigenvalue weighted by Crippen LogP contribution is -2.29. The van der Waals surface area contributed by atoms with Gasteiger partial charge in [0.25, 0.3) is 11.8 Å². The van der Waals surface area contributed by atoms with E-state index in [-0.39, 0.29) is 5.91 Å². The Morgan fingerprint density at radius 2 is 1.89 bits per heavy atom. The van der Waals surface area contributed by atoms with Crippen molar-refractivity contribution in [2.24, 2.45) is 5.84 Å². The van der Waals surface area contributed by atoms with Gasteiger partial charge in [0.1, 0.15) is 0 Å². The number of rotatable bonds is 3. The number of amides is 2. The van der Waals surface area contributed by atoms with Crippen molar-refractivity contribution < 1.29 is 9.59 Å². The molecule has 2 heterocycles. The third-order valence-electron chi connectivity index (χ3n) is 2.10. The Kier molecular flexibility index (Phi) is 3.66. The number of nitrogen functional groups attached to an aromatic ring is 1. The zero-order valence-electron chi connectivity index (χ0n) is 9.21. The van der Waals surface area contributed by atoms with Crippen LogP contribution in [0.1, 0.15) is 19.3 Å². The van der Waals surface area contributed by atoms with Crippen LogP contribution in [0.15, 0.2) is 36.7 Å². The summed E-state index contributed by atoms with van der Waals surface area (Å²) in [4.78, 5) is 27.8. The van der Waals surface area contributed by atoms with Gasteiger partial charge in [0, 0.05) is 6.20 Å². The van der Waals surface area contributed by atoms with E-state index in [1.165, 1.54) is 0 Å². The number of hydrogen-bond acceptors (Lipinski definition) is 5. The highest BCUT2D eigenvalue weighted by Crippen LogP contribution is 2.17. The van der Waals surface area contributed by atoms with E-state index in [4.69, 9.17) is 5.84 Å². The number of carbonyl (C=O) groups is 2. The number of nitrogens with zero attached hydrogens (tertiary/aromatic N) is 1. The molecule has 0 bridgehead atoms. The number of thiophene rings is 1. The lowest BCUT2D eigenvalue weighted by molar-refractivity contribution is 0.0957. The lowest BCUT2D eigenvalue weighted by atomic mass is 10.3. The molecule has 7 heteroatoms. The maximum Gasteiger partial charge on any atom is 0.275 e. The summed E-state index contributed by atoms with van der Waals surface area (Å²) in [6, 6.07) is 6.56. The maximum atomic E-state index is 11.8. The summed E-state index contributed by atoms with van der Waals surface area (Å²) in [5.74, 6) is 4.31. The predicted octanol–water partition coefficient (Wildman–Crippen LogP) is 0.999. The predicted molar refractivity (Wildman–Crippen MR) is 68.2 cm³/mol. The van der Waals surface area contributed by atoms with E-state index in [1.54, 1.807) is 36.7 Å². The SMILES string of the molecule is NNC(=O)c1ccc(C(=O)Nc2cccnc2)s1. The number of aromatic nitrogens is 1. The molecule has 0 saturated heterocycles. The minimum Gasteiger partial charge on any atom is -0.320 e. The monoisotopic (exact) mass is 262 g/mol. The van der Waals surface area contributed by atoms with E-state index >= 15 is 0 Å². The minimum absolute atomic E-state index is 0.288. The van der Waals surface area contributed by atoms with E-state index < -0.39 is 5.91 Å². The first kappa shape index (κ1) is 12.2. The Bertz CT molecular complexity index is 567. The summed E-state index contributed by atoms with van der Waals surface area (Å²) in [6.45, 7) is 0. The number of carbonyl (C=O) groups excluding carboxylic acids is 2. The molecular formula is C11H10N4O2S. The molecule has 4 N–H and O–H groups in total. The van der Waals surface area contributed by atoms with Crippen LogP contribution < -0.4 is 16.6 Å². The van der Waals surface area contributed by atoms with Gasteiger partial charge in [0.2, 0.25) is 0 Å². The first-order valence-electron chi connectivity index (χ1n) is 5.03. The number of nitrogens with one attached hydrogen (secondary N) is 2. The smallest absolute Gasteiger partial charge is 0.275 e. The fourth-order valence-corrected chi connectivity index (χ4v) is 2.09. The highest BCUT2D eigenvalue weighted by atomic mass is 32.1. The molecular weight excluding hydrogens is 252 g/mol. The largest absolute Gasteiger partial charge is 0.320 e. The second-order valence-corrected chi connectivity index (χ2v) is 4.42. The van der Waals surface area contributed by atoms with Crippen molar-refractivity contribution in [3.05, 3.63) is 46.4 Å². The van der Waals surface area contributed by atoms with Gasteiger partial charge in [0.05, 0.1) is 21.6 Å². The van der Waals surface area contributed by atoms with Crippen LogP contribution in [0.2, 0.25) is 0 Å². The fraction of sp³-hybridized carbons (Fsp3) is 0. The number of anilines is 1. The molecule has 2 aromatic rings. The summed E-state index contributed by atoms with van der Waals surface area (Å²) >= 11 is 1.07. The van der Waals surface area contributed by atoms with Crippen molar-refractivity contribution in [1.29, 1.82) is 0 Å². The van der Waals surface area contributed by atoms with Crippen LogP contribution in [0.3, 0.4) is 0 Å². The molecule has 0 aromatic carbocycles. The molecule has 0 saturated carbocycles. The van der Waals surface area contributed by atoms with Crippen molar-refractivity contribution in [2.75, 3.05) is 5.32 Å². The number of hydrazine groups is 1. The van der Waals surface area contributed by atoms with Crippen molar-refractivity contribution >= 4 is 28.8 Å². The van der Waals surface area contributed by atoms with Crippen LogP contribution in [-0.2, 0) is 0 Å². The second-order valence-electron chi connectivity index (χ2n) is 3.33. The van der Waals surface area contributed by atoms with Gasteiger partial charge < -0.3 is 5.32 Å². The molecule has 0 aliphatic heterocycles. The van der Waals surface area contributed by atoms with Crippen molar-refractivity contribution in [1.82, 2.24) is 10.4 Å². The molecule has 0 radical (unpaired) electrons. The average Bonchev–Trinajstić information content (AvgIpc) is 2.88. The topological polar surface area (TPSA) is 97.1 Å². The van der Waals surface area contributed by atoms with E-state index in [9.17, 15) is 9.59 Å². The van der Waals surface area contributed by atoms with Gasteiger partial charge in [-0.25, -0.2) is 5.84 Å². The van der Waals surface area contributed by atoms with Gasteiger partial charge >= 0.3 is 0 Å². The van der Waals surface area contributed by atoms with E-state index in [2.05, 4.69) is 10.3 Å². The number of nitrogens with two attached hydrogens (primary N) is 1. The quantitative estimate of drug-likeness (QED) is 0.436. The van der Waals surface area contributed by atoms with Crippen LogP contribution in [0, 0.1) is 0 Å². The van der Waals surface area contributed by atoms with E-state index in [0.29, 0.717) is 15.4 Å². The van der Waals surface area contributed by atoms with Crippen LogP contribution in [0.4, 0.5) is 5.69 Å². The van der Waals surface area contributed by atoms with Gasteiger partial charge in [-0.05, 0) is 24.3 Å². The third kappa shape index (κ3) is 2.70. The minimum atomic E-state index is -0.416. The second kappa shape index (κ2) is 5.39. The van der Waals surface area contributed by atoms with Gasteiger partial charge in [-0.1, -0.05) is 0 Å². The number of pyridine rings is 1. The standard InChI is InChI=1S/C11H10N4O2S/c12-15-11(17)9-4-3-8(18-9)10(16)14-7-2-1-5-13-6-7/h1-6H,12H2,(H,14,16)(H,15,17). The molecule has 0 fully saturated rings. The molecule has 0 unspecified atom stereocenters. The van der Waals surface area contributed by atoms with Crippen LogP contribution >= 0.6 is 11.3 Å². The summed E-state index contributed by atoms with van der Waals surface area (Å²) in [5.41, 5.74) is 2.61. The first-order valence-corrected chi connectivity index (χ1v) is 5.84. The van der Waals surface area contributed by atoms with Gasteiger partial charge in [0.15, 0.2) is 0 Å². The Balaban J connectivity index is 2.10. The first-order chi connectivity index (χ1) is 8.70. The third-order valence-corrected chi connectivity index (χ3v) is 3.19. The lowest BCUT2D eigenvalue weighted by Gasteiger charge is -2.01. The Morgan fingerprint density at radius 1 is 1.17 bits per heavy atom. The maximum absolute atomic E-state index is 11.8. The highest BCUT2D eigenvalue weighted by molar-refractivity contribution is 7.16. The normalized spacial score (nSPS) is 9.83. The molecule has 18 heavy (non-hydrogen) atoms. The Morgan fingerprint density at radius 3 is 2.50 bits per heavy atom. The molecule has 2 amide bonds. The Labute approximate surface area is 107 Å². The Hall–Kier alpha value is -2.25. The van der Waals surface area contributed by atoms with Crippen LogP contribution in [0.25, 0.3) is 0 Å². The number of hydrogen-bond donors (Lipinski definition) is 3. The average molecular weight is 262 g/mol. The van der Waals surface area contributed by atoms with E-state index in [0.717, 1.165) is 11.3 Å². The van der Waals surface area contributed by atoms with Crippen LogP contribution in [0.5, 0.6) is 0 Å². The summed E-state index contributed by atoms with van der Waals surface area (Å²) in [6.07, 6.45) is 3.16. The van der Waals surface area contributed by atoms with Gasteiger partial charge in [-0.3, -0.25) is 20.0 Å². The molecule has 0 atom stereocenters. The summed E-state index contributed by atoms with van der Waals surface area (Å²) < 4.78 is 0. The molecule has 0 aliphatic rings. The zero-order valence-corrected chi connectivity index (χ0v) is 10.0. The van der Waals surface area contributed by atoms with Crippen molar-refractivity contribution in [2.45, 2.75) is 0 Å². The van der Waals surface area contributed by atoms with E-state index in [1.807, 2.05) is 5.43 Å². The van der Waals surface area contributed by atoms with Crippen molar-refractivity contribution in [3.8, 4) is 0 Å².